The summed E-state index contributed by atoms with van der Waals surface area (Å²) in [5, 5.41) is 10.6. The summed E-state index contributed by atoms with van der Waals surface area (Å²) < 4.78 is 68.4. The molecule has 3 N–H and O–H groups in total. The fourth-order valence-corrected chi connectivity index (χ4v) is 13.5. The van der Waals surface area contributed by atoms with E-state index in [1.165, 1.54) is 225 Å². The van der Waals surface area contributed by atoms with Crippen LogP contribution in [0.25, 0.3) is 0 Å². The van der Waals surface area contributed by atoms with Gasteiger partial charge in [0.2, 0.25) is 0 Å². The van der Waals surface area contributed by atoms with Crippen LogP contribution in [0.15, 0.2) is 0 Å². The number of ether oxygens (including phenoxy) is 4. The zero-order valence-electron chi connectivity index (χ0n) is 62.5. The molecule has 0 radical (unpaired) electrons. The SMILES string of the molecule is CCCCCCCCCCCCCCCCCCCC(=O)OC[C@H](COP(=O)(O)OC[C@@H](O)COP(=O)(O)OC[C@@H](COC(=O)CCCCCCC)OC(=O)CCCCCCCCCCCCCCCCCC)OC(=O)CCCCCCCCCCCCCCCCCC(C)C. The van der Waals surface area contributed by atoms with Gasteiger partial charge in [0.05, 0.1) is 26.4 Å². The Bertz CT molecular complexity index is 1840. The summed E-state index contributed by atoms with van der Waals surface area (Å²) in [6.07, 6.45) is 60.0. The quantitative estimate of drug-likeness (QED) is 0.0222. The van der Waals surface area contributed by atoms with E-state index >= 15 is 0 Å². The summed E-state index contributed by atoms with van der Waals surface area (Å²) in [6, 6.07) is 0. The molecule has 0 saturated carbocycles. The molecular formula is C77H150O17P2. The monoisotopic (exact) mass is 1410 g/mol. The van der Waals surface area contributed by atoms with Gasteiger partial charge in [-0.15, -0.1) is 0 Å². The van der Waals surface area contributed by atoms with E-state index in [4.69, 9.17) is 37.0 Å². The average molecular weight is 1410 g/mol. The molecule has 17 nitrogen and oxygen atoms in total. The molecule has 0 amide bonds. The predicted molar refractivity (Wildman–Crippen MR) is 391 cm³/mol. The van der Waals surface area contributed by atoms with E-state index in [0.717, 1.165) is 102 Å². The highest BCUT2D eigenvalue weighted by atomic mass is 31.2. The fourth-order valence-electron chi connectivity index (χ4n) is 11.9. The first-order valence-electron chi connectivity index (χ1n) is 40.1. The predicted octanol–water partition coefficient (Wildman–Crippen LogP) is 22.9. The highest BCUT2D eigenvalue weighted by Crippen LogP contribution is 2.45. The van der Waals surface area contributed by atoms with Gasteiger partial charge in [0.1, 0.15) is 19.3 Å². The molecule has 0 saturated heterocycles. The number of esters is 4. The van der Waals surface area contributed by atoms with Crippen LogP contribution < -0.4 is 0 Å². The fraction of sp³-hybridized carbons (Fsp3) is 0.948. The van der Waals surface area contributed by atoms with Gasteiger partial charge in [0.15, 0.2) is 12.2 Å². The summed E-state index contributed by atoms with van der Waals surface area (Å²) >= 11 is 0. The van der Waals surface area contributed by atoms with Crippen LogP contribution in [0.4, 0.5) is 0 Å². The maximum atomic E-state index is 13.1. The third-order valence-electron chi connectivity index (χ3n) is 18.0. The number of phosphoric acid groups is 2. The number of unbranched alkanes of at least 4 members (excludes halogenated alkanes) is 49. The highest BCUT2D eigenvalue weighted by Gasteiger charge is 2.30. The molecule has 96 heavy (non-hydrogen) atoms. The number of rotatable bonds is 77. The van der Waals surface area contributed by atoms with Crippen molar-refractivity contribution in [3.05, 3.63) is 0 Å². The van der Waals surface area contributed by atoms with Crippen molar-refractivity contribution in [3.8, 4) is 0 Å². The van der Waals surface area contributed by atoms with Crippen molar-refractivity contribution >= 4 is 39.5 Å². The van der Waals surface area contributed by atoms with Gasteiger partial charge >= 0.3 is 39.5 Å². The lowest BCUT2D eigenvalue weighted by Gasteiger charge is -2.21. The lowest BCUT2D eigenvalue weighted by atomic mass is 10.0. The van der Waals surface area contributed by atoms with Crippen LogP contribution in [0.5, 0.6) is 0 Å². The number of aliphatic hydroxyl groups is 1. The van der Waals surface area contributed by atoms with Crippen LogP contribution >= 0.6 is 15.6 Å². The molecule has 0 bridgehead atoms. The van der Waals surface area contributed by atoms with Crippen molar-refractivity contribution in [1.29, 1.82) is 0 Å². The minimum absolute atomic E-state index is 0.108. The van der Waals surface area contributed by atoms with Crippen LogP contribution in [-0.4, -0.2) is 96.7 Å². The minimum atomic E-state index is -4.96. The van der Waals surface area contributed by atoms with Crippen molar-refractivity contribution in [2.24, 2.45) is 5.92 Å². The smallest absolute Gasteiger partial charge is 0.462 e. The van der Waals surface area contributed by atoms with Crippen LogP contribution in [-0.2, 0) is 65.4 Å². The zero-order valence-corrected chi connectivity index (χ0v) is 64.3. The van der Waals surface area contributed by atoms with Crippen molar-refractivity contribution in [1.82, 2.24) is 0 Å². The Kier molecular flexibility index (Phi) is 68.7. The molecular weight excluding hydrogens is 1260 g/mol. The van der Waals surface area contributed by atoms with Gasteiger partial charge < -0.3 is 33.8 Å². The van der Waals surface area contributed by atoms with E-state index in [1.54, 1.807) is 0 Å². The molecule has 5 atom stereocenters. The molecule has 570 valence electrons. The maximum Gasteiger partial charge on any atom is 0.472 e. The maximum absolute atomic E-state index is 13.1. The molecule has 0 fully saturated rings. The number of carbonyl (C=O) groups excluding carboxylic acids is 4. The van der Waals surface area contributed by atoms with E-state index < -0.39 is 97.5 Å². The number of aliphatic hydroxyl groups excluding tert-OH is 1. The van der Waals surface area contributed by atoms with E-state index in [2.05, 4.69) is 34.6 Å². The molecule has 0 aromatic rings. The van der Waals surface area contributed by atoms with Gasteiger partial charge in [0, 0.05) is 25.7 Å². The Labute approximate surface area is 588 Å². The van der Waals surface area contributed by atoms with E-state index in [-0.39, 0.29) is 25.7 Å². The number of hydrogen-bond donors (Lipinski definition) is 3. The molecule has 0 aromatic carbocycles. The topological polar surface area (TPSA) is 237 Å². The number of carbonyl (C=O) groups is 4. The largest absolute Gasteiger partial charge is 0.472 e. The van der Waals surface area contributed by atoms with Gasteiger partial charge in [-0.3, -0.25) is 37.3 Å². The Balaban J connectivity index is 5.13. The van der Waals surface area contributed by atoms with Crippen LogP contribution in [0, 0.1) is 5.92 Å². The van der Waals surface area contributed by atoms with Crippen LogP contribution in [0.3, 0.4) is 0 Å². The van der Waals surface area contributed by atoms with E-state index in [0.29, 0.717) is 25.7 Å². The zero-order chi connectivity index (χ0) is 70.5. The van der Waals surface area contributed by atoms with E-state index in [1.807, 2.05) is 0 Å². The Hall–Kier alpha value is -1.94. The molecule has 0 spiro atoms. The van der Waals surface area contributed by atoms with Gasteiger partial charge in [-0.1, -0.05) is 356 Å². The normalized spacial score (nSPS) is 13.9. The Morgan fingerprint density at radius 1 is 0.281 bits per heavy atom. The minimum Gasteiger partial charge on any atom is -0.462 e. The summed E-state index contributed by atoms with van der Waals surface area (Å²) in [5.41, 5.74) is 0. The first-order chi connectivity index (χ1) is 46.5. The molecule has 0 aliphatic carbocycles. The van der Waals surface area contributed by atoms with E-state index in [9.17, 15) is 43.2 Å². The van der Waals surface area contributed by atoms with Crippen molar-refractivity contribution < 1.29 is 80.2 Å². The Morgan fingerprint density at radius 3 is 0.708 bits per heavy atom. The summed E-state index contributed by atoms with van der Waals surface area (Å²) in [7, 11) is -9.90. The second kappa shape index (κ2) is 70.1. The molecule has 19 heteroatoms. The third kappa shape index (κ3) is 70.5. The average Bonchev–Trinajstić information content (AvgIpc) is 1.15. The van der Waals surface area contributed by atoms with Crippen LogP contribution in [0.2, 0.25) is 0 Å². The standard InChI is InChI=1S/C77H150O17P2/c1-6-9-12-15-17-19-21-23-25-27-31-34-38-42-46-51-56-61-75(80)88-67-73(94-77(82)63-58-53-48-44-40-36-32-28-29-33-37-41-45-50-54-59-70(4)5)69-92-96(85,86)90-65-71(78)64-89-95(83,84)91-68-72(66-87-74(79)60-55-49-14-11-8-3)93-76(81)62-57-52-47-43-39-35-30-26-24-22-20-18-16-13-10-7-2/h70-73,78H,6-69H2,1-5H3,(H,83,84)(H,85,86)/t71-,72+,73+/m0/s1. The molecule has 0 rings (SSSR count). The highest BCUT2D eigenvalue weighted by molar-refractivity contribution is 7.47. The molecule has 0 heterocycles. The van der Waals surface area contributed by atoms with Crippen molar-refractivity contribution in [2.45, 2.75) is 425 Å². The molecule has 2 unspecified atom stereocenters. The lowest BCUT2D eigenvalue weighted by molar-refractivity contribution is -0.161. The number of phosphoric ester groups is 2. The number of hydrogen-bond acceptors (Lipinski definition) is 15. The van der Waals surface area contributed by atoms with Gasteiger partial charge in [-0.05, 0) is 31.6 Å². The summed E-state index contributed by atoms with van der Waals surface area (Å²) in [4.78, 5) is 72.6. The van der Waals surface area contributed by atoms with Gasteiger partial charge in [-0.2, -0.15) is 0 Å². The Morgan fingerprint density at radius 2 is 0.479 bits per heavy atom. The van der Waals surface area contributed by atoms with Gasteiger partial charge in [0.25, 0.3) is 0 Å². The first kappa shape index (κ1) is 94.1. The molecule has 0 aliphatic rings. The van der Waals surface area contributed by atoms with Crippen molar-refractivity contribution in [2.75, 3.05) is 39.6 Å². The van der Waals surface area contributed by atoms with Gasteiger partial charge in [-0.25, -0.2) is 9.13 Å². The first-order valence-corrected chi connectivity index (χ1v) is 43.1. The third-order valence-corrected chi connectivity index (χ3v) is 19.9. The lowest BCUT2D eigenvalue weighted by Crippen LogP contribution is -2.30. The second-order valence-corrected chi connectivity index (χ2v) is 31.1. The molecule has 0 aromatic heterocycles. The second-order valence-electron chi connectivity index (χ2n) is 28.2. The summed E-state index contributed by atoms with van der Waals surface area (Å²) in [5.74, 6) is -1.32. The van der Waals surface area contributed by atoms with Crippen LogP contribution in [0.1, 0.15) is 407 Å². The van der Waals surface area contributed by atoms with Crippen molar-refractivity contribution in [3.63, 3.8) is 0 Å². The molecule has 0 aliphatic heterocycles. The summed E-state index contributed by atoms with van der Waals surface area (Å²) in [6.45, 7) is 7.25.